The van der Waals surface area contributed by atoms with Crippen molar-refractivity contribution in [2.24, 2.45) is 16.6 Å². The Kier molecular flexibility index (Phi) is 4.62. The number of carbonyl (C=O) groups is 1. The highest BCUT2D eigenvalue weighted by Crippen LogP contribution is 2.49. The van der Waals surface area contributed by atoms with E-state index in [9.17, 15) is 9.18 Å². The van der Waals surface area contributed by atoms with Crippen LogP contribution in [0.3, 0.4) is 0 Å². The minimum absolute atomic E-state index is 0.219. The van der Waals surface area contributed by atoms with Gasteiger partial charge in [-0.05, 0) is 34.1 Å². The number of thioether (sulfide) groups is 1. The number of thiazole rings is 1. The zero-order valence-electron chi connectivity index (χ0n) is 14.8. The van der Waals surface area contributed by atoms with Gasteiger partial charge in [0.25, 0.3) is 5.91 Å². The second kappa shape index (κ2) is 6.21. The number of anilines is 1. The van der Waals surface area contributed by atoms with Gasteiger partial charge in [0.2, 0.25) is 0 Å². The monoisotopic (exact) mass is 386 g/mol. The summed E-state index contributed by atoms with van der Waals surface area (Å²) in [5.74, 6) is 0.698. The summed E-state index contributed by atoms with van der Waals surface area (Å²) in [5.41, 5.74) is 3.17. The highest BCUT2D eigenvalue weighted by molar-refractivity contribution is 8.13. The minimum Gasteiger partial charge on any atom is -0.379 e. The Morgan fingerprint density at radius 1 is 1.52 bits per heavy atom. The summed E-state index contributed by atoms with van der Waals surface area (Å²) in [7, 11) is 0. The molecule has 138 valence electrons. The zero-order chi connectivity index (χ0) is 18.5. The number of halogens is 1. The van der Waals surface area contributed by atoms with E-state index in [0.717, 1.165) is 17.2 Å². The van der Waals surface area contributed by atoms with Crippen LogP contribution in [-0.4, -0.2) is 39.7 Å². The maximum atomic E-state index is 13.7. The zero-order valence-corrected chi connectivity index (χ0v) is 16.4. The molecule has 3 heterocycles. The van der Waals surface area contributed by atoms with Crippen LogP contribution in [0.5, 0.6) is 0 Å². The number of carbonyl (C=O) groups excluding carboxylic acids is 1. The van der Waals surface area contributed by atoms with Gasteiger partial charge in [-0.2, -0.15) is 0 Å². The van der Waals surface area contributed by atoms with E-state index in [1.165, 1.54) is 25.2 Å². The molecule has 0 saturated carbocycles. The van der Waals surface area contributed by atoms with Crippen LogP contribution in [0.25, 0.3) is 0 Å². The molecule has 1 aromatic rings. The number of rotatable bonds is 3. The van der Waals surface area contributed by atoms with Crippen LogP contribution >= 0.6 is 23.1 Å². The van der Waals surface area contributed by atoms with Crippen molar-refractivity contribution in [1.29, 1.82) is 0 Å². The van der Waals surface area contributed by atoms with E-state index in [-0.39, 0.29) is 11.5 Å². The smallest absolute Gasteiger partial charge is 0.262 e. The molecular weight excluding hydrogens is 363 g/mol. The molecule has 6 nitrogen and oxygen atoms in total. The van der Waals surface area contributed by atoms with E-state index in [1.807, 2.05) is 0 Å². The number of amides is 1. The van der Waals surface area contributed by atoms with Crippen LogP contribution in [0, 0.1) is 5.92 Å². The number of alkyl halides is 1. The Morgan fingerprint density at radius 2 is 2.24 bits per heavy atom. The van der Waals surface area contributed by atoms with Gasteiger partial charge in [0.1, 0.15) is 16.4 Å². The lowest BCUT2D eigenvalue weighted by molar-refractivity contribution is -0.125. The summed E-state index contributed by atoms with van der Waals surface area (Å²) < 4.78 is 19.8. The molecule has 9 heteroatoms. The number of aliphatic imine (C=N–C) groups is 1. The van der Waals surface area contributed by atoms with Crippen molar-refractivity contribution in [2.45, 2.75) is 50.9 Å². The number of amidine groups is 1. The lowest BCUT2D eigenvalue weighted by Gasteiger charge is -2.47. The number of fused-ring (bicyclic) bond motifs is 1. The number of hydrogen-bond acceptors (Lipinski definition) is 7. The Morgan fingerprint density at radius 3 is 2.92 bits per heavy atom. The highest BCUT2D eigenvalue weighted by Gasteiger charge is 2.52. The first-order valence-electron chi connectivity index (χ1n) is 8.10. The number of nitrogens with zero attached hydrogens (tertiary/aromatic N) is 2. The van der Waals surface area contributed by atoms with Gasteiger partial charge in [0.05, 0.1) is 12.2 Å². The molecule has 2 atom stereocenters. The molecule has 25 heavy (non-hydrogen) atoms. The molecular formula is C16H23FN4O2S2. The molecule has 1 fully saturated rings. The first kappa shape index (κ1) is 18.6. The molecule has 3 rings (SSSR count). The van der Waals surface area contributed by atoms with Crippen molar-refractivity contribution in [3.63, 3.8) is 0 Å². The molecule has 0 bridgehead atoms. The molecule has 0 aromatic carbocycles. The first-order chi connectivity index (χ1) is 11.5. The molecule has 0 unspecified atom stereocenters. The van der Waals surface area contributed by atoms with Crippen LogP contribution in [0.15, 0.2) is 10.4 Å². The minimum atomic E-state index is -1.97. The first-order valence-corrected chi connectivity index (χ1v) is 9.97. The van der Waals surface area contributed by atoms with E-state index in [1.54, 1.807) is 17.1 Å². The van der Waals surface area contributed by atoms with E-state index < -0.39 is 17.1 Å². The summed E-state index contributed by atoms with van der Waals surface area (Å²) in [6, 6.07) is 0. The maximum absolute atomic E-state index is 13.7. The largest absolute Gasteiger partial charge is 0.379 e. The molecule has 0 spiro atoms. The second-order valence-corrected chi connectivity index (χ2v) is 9.50. The van der Waals surface area contributed by atoms with Gasteiger partial charge in [0.15, 0.2) is 10.8 Å². The van der Waals surface area contributed by atoms with Crippen molar-refractivity contribution >= 4 is 40.0 Å². The molecule has 0 aliphatic carbocycles. The van der Waals surface area contributed by atoms with Gasteiger partial charge in [-0.3, -0.25) is 4.79 Å². The SMILES string of the molecule is CC1(C)C[C@H]2CSC(N)=N[C@@]2(c2nc(NC(=O)C(C)(C)F)cs2)CO1. The standard InChI is InChI=1S/C16H23FN4O2S2/c1-14(2)5-9-6-25-13(18)21-16(9,8-23-14)12-20-10(7-24-12)19-11(22)15(3,4)17/h7,9H,5-6,8H2,1-4H3,(H2,18,21)(H,19,22)/t9-,16-/m0/s1. The Hall–Kier alpha value is -1.19. The van der Waals surface area contributed by atoms with Crippen LogP contribution in [0.4, 0.5) is 10.2 Å². The normalized spacial score (nSPS) is 28.8. The maximum Gasteiger partial charge on any atom is 0.262 e. The summed E-state index contributed by atoms with van der Waals surface area (Å²) in [4.78, 5) is 21.1. The fourth-order valence-electron chi connectivity index (χ4n) is 3.06. The topological polar surface area (TPSA) is 89.6 Å². The van der Waals surface area contributed by atoms with E-state index >= 15 is 0 Å². The van der Waals surface area contributed by atoms with Crippen molar-refractivity contribution in [3.05, 3.63) is 10.4 Å². The molecule has 1 saturated heterocycles. The average Bonchev–Trinajstić information content (AvgIpc) is 2.95. The van der Waals surface area contributed by atoms with Gasteiger partial charge in [0, 0.05) is 17.1 Å². The fraction of sp³-hybridized carbons (Fsp3) is 0.688. The molecule has 0 radical (unpaired) electrons. The lowest BCUT2D eigenvalue weighted by Crippen LogP contribution is -2.52. The van der Waals surface area contributed by atoms with E-state index in [0.29, 0.717) is 17.6 Å². The summed E-state index contributed by atoms with van der Waals surface area (Å²) in [6.45, 7) is 6.96. The molecule has 1 amide bonds. The quantitative estimate of drug-likeness (QED) is 0.834. The second-order valence-electron chi connectivity index (χ2n) is 7.60. The highest BCUT2D eigenvalue weighted by atomic mass is 32.2. The van der Waals surface area contributed by atoms with Crippen LogP contribution in [0.1, 0.15) is 39.1 Å². The third-order valence-electron chi connectivity index (χ3n) is 4.49. The van der Waals surface area contributed by atoms with Gasteiger partial charge in [-0.15, -0.1) is 11.3 Å². The third kappa shape index (κ3) is 3.68. The third-order valence-corrected chi connectivity index (χ3v) is 6.46. The number of aromatic nitrogens is 1. The van der Waals surface area contributed by atoms with Gasteiger partial charge >= 0.3 is 0 Å². The van der Waals surface area contributed by atoms with Crippen molar-refractivity contribution in [2.75, 3.05) is 17.7 Å². The van der Waals surface area contributed by atoms with Crippen molar-refractivity contribution in [1.82, 2.24) is 4.98 Å². The number of ether oxygens (including phenoxy) is 1. The van der Waals surface area contributed by atoms with Crippen molar-refractivity contribution in [3.8, 4) is 0 Å². The van der Waals surface area contributed by atoms with Gasteiger partial charge in [-0.1, -0.05) is 11.8 Å². The van der Waals surface area contributed by atoms with Gasteiger partial charge in [-0.25, -0.2) is 14.4 Å². The summed E-state index contributed by atoms with van der Waals surface area (Å²) >= 11 is 2.94. The predicted octanol–water partition coefficient (Wildman–Crippen LogP) is 2.90. The van der Waals surface area contributed by atoms with Gasteiger partial charge < -0.3 is 15.8 Å². The molecule has 3 N–H and O–H groups in total. The number of nitrogens with one attached hydrogen (secondary N) is 1. The van der Waals surface area contributed by atoms with Crippen LogP contribution < -0.4 is 11.1 Å². The summed E-state index contributed by atoms with van der Waals surface area (Å²) in [5, 5.41) is 5.48. The number of hydrogen-bond donors (Lipinski definition) is 2. The average molecular weight is 387 g/mol. The Bertz CT molecular complexity index is 713. The fourth-order valence-corrected chi connectivity index (χ4v) is 5.01. The van der Waals surface area contributed by atoms with Crippen LogP contribution in [-0.2, 0) is 15.1 Å². The van der Waals surface area contributed by atoms with E-state index in [2.05, 4.69) is 24.1 Å². The lowest BCUT2D eigenvalue weighted by atomic mass is 9.77. The van der Waals surface area contributed by atoms with E-state index in [4.69, 9.17) is 15.5 Å². The summed E-state index contributed by atoms with van der Waals surface area (Å²) in [6.07, 6.45) is 0.843. The Balaban J connectivity index is 1.91. The molecule has 2 aliphatic rings. The number of nitrogens with two attached hydrogens (primary N) is 1. The van der Waals surface area contributed by atoms with Crippen LogP contribution in [0.2, 0.25) is 0 Å². The molecule has 1 aromatic heterocycles. The van der Waals surface area contributed by atoms with Crippen molar-refractivity contribution < 1.29 is 13.9 Å². The predicted molar refractivity (Wildman–Crippen MR) is 99.8 cm³/mol. The molecule has 2 aliphatic heterocycles. The Labute approximate surface area is 154 Å².